The molecule has 1 fully saturated rings. The molecule has 0 saturated carbocycles. The molecule has 8 heteroatoms. The van der Waals surface area contributed by atoms with E-state index in [0.717, 1.165) is 11.1 Å². The van der Waals surface area contributed by atoms with Crippen LogP contribution in [-0.4, -0.2) is 37.2 Å². The molecule has 0 aromatic heterocycles. The second-order valence-electron chi connectivity index (χ2n) is 5.76. The van der Waals surface area contributed by atoms with Crippen LogP contribution in [0.15, 0.2) is 18.2 Å². The van der Waals surface area contributed by atoms with E-state index < -0.39 is 5.41 Å². The normalized spacial score (nSPS) is 17.5. The molecule has 7 nitrogen and oxygen atoms in total. The van der Waals surface area contributed by atoms with Crippen LogP contribution in [0.5, 0.6) is 0 Å². The van der Waals surface area contributed by atoms with E-state index in [1.54, 1.807) is 7.05 Å². The molecular weight excluding hydrogens is 316 g/mol. The van der Waals surface area contributed by atoms with Crippen molar-refractivity contribution in [1.29, 1.82) is 0 Å². The Labute approximate surface area is 139 Å². The average Bonchev–Trinajstić information content (AvgIpc) is 2.89. The van der Waals surface area contributed by atoms with E-state index in [4.69, 9.17) is 17.0 Å². The predicted octanol–water partition coefficient (Wildman–Crippen LogP) is -0.287. The van der Waals surface area contributed by atoms with Gasteiger partial charge in [0.15, 0.2) is 5.11 Å². The van der Waals surface area contributed by atoms with Crippen molar-refractivity contribution in [3.8, 4) is 0 Å². The number of ether oxygens (including phenoxy) is 1. The van der Waals surface area contributed by atoms with Crippen molar-refractivity contribution < 1.29 is 14.3 Å². The summed E-state index contributed by atoms with van der Waals surface area (Å²) in [5.41, 5.74) is 7.40. The highest BCUT2D eigenvalue weighted by Crippen LogP contribution is 2.37. The van der Waals surface area contributed by atoms with E-state index in [1.807, 2.05) is 18.2 Å². The average molecular weight is 334 g/mol. The summed E-state index contributed by atoms with van der Waals surface area (Å²) < 4.78 is 5.35. The Bertz CT molecular complexity index is 673. The Hall–Kier alpha value is -2.19. The van der Waals surface area contributed by atoms with Crippen LogP contribution in [0.1, 0.15) is 27.9 Å². The van der Waals surface area contributed by atoms with Gasteiger partial charge in [-0.05, 0) is 29.4 Å². The number of benzene rings is 1. The molecule has 2 heterocycles. The molecular formula is C15H18N4O3S. The first-order valence-electron chi connectivity index (χ1n) is 7.30. The van der Waals surface area contributed by atoms with Gasteiger partial charge >= 0.3 is 0 Å². The highest BCUT2D eigenvalue weighted by atomic mass is 32.1. The summed E-state index contributed by atoms with van der Waals surface area (Å²) in [6.07, 6.45) is 0.257. The van der Waals surface area contributed by atoms with Crippen LogP contribution < -0.4 is 21.5 Å². The largest absolute Gasteiger partial charge is 0.379 e. The van der Waals surface area contributed by atoms with Gasteiger partial charge in [0.2, 0.25) is 5.91 Å². The molecule has 3 rings (SSSR count). The van der Waals surface area contributed by atoms with Crippen molar-refractivity contribution in [2.75, 3.05) is 20.3 Å². The fourth-order valence-electron chi connectivity index (χ4n) is 2.80. The smallest absolute Gasteiger partial charge is 0.251 e. The molecule has 122 valence electrons. The van der Waals surface area contributed by atoms with Gasteiger partial charge < -0.3 is 15.4 Å². The summed E-state index contributed by atoms with van der Waals surface area (Å²) in [6.45, 7) is 1.47. The molecule has 0 radical (unpaired) electrons. The molecule has 0 atom stereocenters. The minimum Gasteiger partial charge on any atom is -0.379 e. The molecule has 2 aliphatic rings. The van der Waals surface area contributed by atoms with Crippen LogP contribution in [0.4, 0.5) is 0 Å². The number of hydrazine groups is 1. The van der Waals surface area contributed by atoms with E-state index >= 15 is 0 Å². The van der Waals surface area contributed by atoms with Crippen molar-refractivity contribution in [1.82, 2.24) is 21.5 Å². The quantitative estimate of drug-likeness (QED) is 0.449. The molecule has 1 saturated heterocycles. The summed E-state index contributed by atoms with van der Waals surface area (Å²) in [5, 5.41) is 5.85. The van der Waals surface area contributed by atoms with Crippen molar-refractivity contribution in [2.45, 2.75) is 18.4 Å². The van der Waals surface area contributed by atoms with E-state index in [0.29, 0.717) is 30.4 Å². The fraction of sp³-hybridized carbons (Fsp3) is 0.400. The van der Waals surface area contributed by atoms with Gasteiger partial charge in [0.1, 0.15) is 0 Å². The third-order valence-electron chi connectivity index (χ3n) is 4.20. The number of hydrogen-bond donors (Lipinski definition) is 4. The Kier molecular flexibility index (Phi) is 4.18. The summed E-state index contributed by atoms with van der Waals surface area (Å²) in [7, 11) is 1.67. The maximum Gasteiger partial charge on any atom is 0.251 e. The number of amides is 2. The zero-order chi connectivity index (χ0) is 16.4. The van der Waals surface area contributed by atoms with Gasteiger partial charge in [-0.1, -0.05) is 12.1 Å². The van der Waals surface area contributed by atoms with Gasteiger partial charge in [-0.3, -0.25) is 20.4 Å². The van der Waals surface area contributed by atoms with Gasteiger partial charge in [-0.2, -0.15) is 0 Å². The van der Waals surface area contributed by atoms with E-state index in [9.17, 15) is 9.59 Å². The highest BCUT2D eigenvalue weighted by Gasteiger charge is 2.43. The monoisotopic (exact) mass is 334 g/mol. The van der Waals surface area contributed by atoms with Crippen LogP contribution >= 0.6 is 12.2 Å². The molecule has 1 aromatic rings. The van der Waals surface area contributed by atoms with Crippen molar-refractivity contribution >= 4 is 29.1 Å². The predicted molar refractivity (Wildman–Crippen MR) is 87.7 cm³/mol. The second-order valence-corrected chi connectivity index (χ2v) is 6.17. The number of nitrogens with one attached hydrogen (secondary N) is 4. The van der Waals surface area contributed by atoms with Crippen molar-refractivity contribution in [3.05, 3.63) is 34.9 Å². The lowest BCUT2D eigenvalue weighted by Gasteiger charge is -2.41. The number of rotatable bonds is 3. The molecule has 0 aliphatic carbocycles. The maximum atomic E-state index is 12.1. The molecule has 2 amide bonds. The first-order valence-corrected chi connectivity index (χ1v) is 7.71. The molecule has 0 unspecified atom stereocenters. The first-order chi connectivity index (χ1) is 11.0. The standard InChI is InChI=1S/C15H18N4O3S/c1-16-14(23)19-18-12(20)5-15(7-22-8-15)10-3-2-9-6-17-13(21)11(9)4-10/h2-4H,5-8H2,1H3,(H,17,21)(H,18,20)(H2,16,19,23). The number of carbonyl (C=O) groups is 2. The van der Waals surface area contributed by atoms with Crippen molar-refractivity contribution in [3.63, 3.8) is 0 Å². The Morgan fingerprint density at radius 2 is 2.17 bits per heavy atom. The molecule has 0 bridgehead atoms. The minimum atomic E-state index is -0.398. The van der Waals surface area contributed by atoms with Crippen LogP contribution in [-0.2, 0) is 21.5 Å². The number of fused-ring (bicyclic) bond motifs is 1. The SMILES string of the molecule is CNC(=S)NNC(=O)CC1(c2ccc3c(c2)C(=O)NC3)COC1. The number of carbonyl (C=O) groups excluding carboxylic acids is 2. The Morgan fingerprint density at radius 3 is 2.83 bits per heavy atom. The molecule has 0 spiro atoms. The molecule has 1 aromatic carbocycles. The van der Waals surface area contributed by atoms with Gasteiger partial charge in [0.25, 0.3) is 5.91 Å². The van der Waals surface area contributed by atoms with Crippen molar-refractivity contribution in [2.24, 2.45) is 0 Å². The summed E-state index contributed by atoms with van der Waals surface area (Å²) in [5.74, 6) is -0.251. The summed E-state index contributed by atoms with van der Waals surface area (Å²) >= 11 is 4.91. The first kappa shape index (κ1) is 15.7. The lowest BCUT2D eigenvalue weighted by molar-refractivity contribution is -0.130. The van der Waals surface area contributed by atoms with E-state index in [1.165, 1.54) is 0 Å². The maximum absolute atomic E-state index is 12.1. The molecule has 4 N–H and O–H groups in total. The number of hydrogen-bond acceptors (Lipinski definition) is 4. The summed E-state index contributed by atoms with van der Waals surface area (Å²) in [4.78, 5) is 24.0. The number of thiocarbonyl (C=S) groups is 1. The van der Waals surface area contributed by atoms with Gasteiger partial charge in [-0.15, -0.1) is 0 Å². The lowest BCUT2D eigenvalue weighted by Crippen LogP contribution is -2.53. The topological polar surface area (TPSA) is 91.5 Å². The van der Waals surface area contributed by atoms with Crippen LogP contribution in [0.25, 0.3) is 0 Å². The zero-order valence-electron chi connectivity index (χ0n) is 12.7. The highest BCUT2D eigenvalue weighted by molar-refractivity contribution is 7.80. The van der Waals surface area contributed by atoms with E-state index in [-0.39, 0.29) is 18.2 Å². The zero-order valence-corrected chi connectivity index (χ0v) is 13.5. The molecule has 23 heavy (non-hydrogen) atoms. The van der Waals surface area contributed by atoms with Gasteiger partial charge in [-0.25, -0.2) is 0 Å². The van der Waals surface area contributed by atoms with E-state index in [2.05, 4.69) is 21.5 Å². The van der Waals surface area contributed by atoms with Crippen LogP contribution in [0.2, 0.25) is 0 Å². The second kappa shape index (κ2) is 6.13. The Balaban J connectivity index is 1.74. The summed E-state index contributed by atoms with van der Waals surface area (Å²) in [6, 6.07) is 5.79. The minimum absolute atomic E-state index is 0.0669. The third kappa shape index (κ3) is 2.99. The third-order valence-corrected chi connectivity index (χ3v) is 4.51. The fourth-order valence-corrected chi connectivity index (χ4v) is 2.85. The molecule has 2 aliphatic heterocycles. The Morgan fingerprint density at radius 1 is 1.39 bits per heavy atom. The van der Waals surface area contributed by atoms with Crippen LogP contribution in [0, 0.1) is 0 Å². The van der Waals surface area contributed by atoms with Gasteiger partial charge in [0, 0.05) is 25.6 Å². The van der Waals surface area contributed by atoms with Gasteiger partial charge in [0.05, 0.1) is 18.6 Å². The van der Waals surface area contributed by atoms with Crippen LogP contribution in [0.3, 0.4) is 0 Å². The lowest BCUT2D eigenvalue weighted by atomic mass is 9.75.